The molecule has 0 saturated carbocycles. The molecular weight excluding hydrogens is 367 g/mol. The topological polar surface area (TPSA) is 84.7 Å². The molecule has 0 radical (unpaired) electrons. The highest BCUT2D eigenvalue weighted by Gasteiger charge is 2.40. The van der Waals surface area contributed by atoms with E-state index in [9.17, 15) is 22.8 Å². The van der Waals surface area contributed by atoms with Crippen LogP contribution in [0.2, 0.25) is 0 Å². The second kappa shape index (κ2) is 7.68. The molecule has 2 rings (SSSR count). The summed E-state index contributed by atoms with van der Waals surface area (Å²) >= 11 is 0. The lowest BCUT2D eigenvalue weighted by Gasteiger charge is -2.26. The SMILES string of the molecule is COc1ccc(Cn2ncc(N(C)[C@@H](C)C(=O)O)c(C(F)(F)F)c2=O)cc1. The number of carbonyl (C=O) groups is 1. The molecule has 0 amide bonds. The number of ether oxygens (including phenoxy) is 1. The highest BCUT2D eigenvalue weighted by molar-refractivity contribution is 5.77. The van der Waals surface area contributed by atoms with Crippen molar-refractivity contribution >= 4 is 11.7 Å². The van der Waals surface area contributed by atoms with Gasteiger partial charge in [-0.05, 0) is 24.6 Å². The number of carboxylic acids is 1. The predicted octanol–water partition coefficient (Wildman–Crippen LogP) is 2.23. The molecule has 1 N–H and O–H groups in total. The smallest absolute Gasteiger partial charge is 0.423 e. The van der Waals surface area contributed by atoms with E-state index in [2.05, 4.69) is 5.10 Å². The lowest BCUT2D eigenvalue weighted by atomic mass is 10.1. The molecule has 1 heterocycles. The van der Waals surface area contributed by atoms with E-state index in [1.54, 1.807) is 24.3 Å². The Labute approximate surface area is 152 Å². The molecule has 0 aliphatic rings. The number of anilines is 1. The van der Waals surface area contributed by atoms with E-state index in [1.165, 1.54) is 14.0 Å². The van der Waals surface area contributed by atoms with E-state index >= 15 is 0 Å². The minimum Gasteiger partial charge on any atom is -0.497 e. The van der Waals surface area contributed by atoms with Crippen LogP contribution in [0.3, 0.4) is 0 Å². The maximum Gasteiger partial charge on any atom is 0.423 e. The van der Waals surface area contributed by atoms with E-state index in [0.717, 1.165) is 18.1 Å². The van der Waals surface area contributed by atoms with Crippen LogP contribution in [0.25, 0.3) is 0 Å². The maximum atomic E-state index is 13.5. The summed E-state index contributed by atoms with van der Waals surface area (Å²) in [5.41, 5.74) is -2.84. The van der Waals surface area contributed by atoms with Crippen molar-refractivity contribution in [2.45, 2.75) is 25.7 Å². The number of carboxylic acid groups (broad SMARTS) is 1. The van der Waals surface area contributed by atoms with Crippen molar-refractivity contribution in [2.24, 2.45) is 0 Å². The summed E-state index contributed by atoms with van der Waals surface area (Å²) in [6.07, 6.45) is -4.11. The van der Waals surface area contributed by atoms with Crippen molar-refractivity contribution in [3.8, 4) is 5.75 Å². The average molecular weight is 385 g/mol. The lowest BCUT2D eigenvalue weighted by molar-refractivity contribution is -0.140. The number of aliphatic carboxylic acids is 1. The van der Waals surface area contributed by atoms with Crippen LogP contribution in [0.4, 0.5) is 18.9 Å². The highest BCUT2D eigenvalue weighted by atomic mass is 19.4. The Hall–Kier alpha value is -3.04. The van der Waals surface area contributed by atoms with Gasteiger partial charge in [-0.15, -0.1) is 0 Å². The second-order valence-electron chi connectivity index (χ2n) is 5.84. The van der Waals surface area contributed by atoms with Crippen LogP contribution >= 0.6 is 0 Å². The largest absolute Gasteiger partial charge is 0.497 e. The fourth-order valence-corrected chi connectivity index (χ4v) is 2.40. The molecule has 0 spiro atoms. The van der Waals surface area contributed by atoms with Gasteiger partial charge in [-0.3, -0.25) is 4.79 Å². The molecule has 0 aliphatic heterocycles. The number of likely N-dealkylation sites (N-methyl/N-ethyl adjacent to an activating group) is 1. The molecule has 0 saturated heterocycles. The first-order valence-corrected chi connectivity index (χ1v) is 7.82. The zero-order valence-corrected chi connectivity index (χ0v) is 14.8. The van der Waals surface area contributed by atoms with Gasteiger partial charge in [0.2, 0.25) is 0 Å². The van der Waals surface area contributed by atoms with Gasteiger partial charge in [-0.25, -0.2) is 9.48 Å². The Kier molecular flexibility index (Phi) is 5.77. The number of methoxy groups -OCH3 is 1. The molecule has 27 heavy (non-hydrogen) atoms. The van der Waals surface area contributed by atoms with Gasteiger partial charge in [0.05, 0.1) is 25.5 Å². The molecular formula is C17H18F3N3O4. The molecule has 0 bridgehead atoms. The Balaban J connectivity index is 2.50. The summed E-state index contributed by atoms with van der Waals surface area (Å²) in [5, 5.41) is 12.8. The number of hydrogen-bond donors (Lipinski definition) is 1. The quantitative estimate of drug-likeness (QED) is 0.821. The summed E-state index contributed by atoms with van der Waals surface area (Å²) < 4.78 is 46.3. The normalized spacial score (nSPS) is 12.5. The summed E-state index contributed by atoms with van der Waals surface area (Å²) in [4.78, 5) is 24.4. The monoisotopic (exact) mass is 385 g/mol. The molecule has 1 aromatic carbocycles. The van der Waals surface area contributed by atoms with Crippen LogP contribution in [0.5, 0.6) is 5.75 Å². The Bertz CT molecular complexity index is 878. The van der Waals surface area contributed by atoms with E-state index < -0.39 is 35.0 Å². The number of benzene rings is 1. The van der Waals surface area contributed by atoms with E-state index in [4.69, 9.17) is 9.84 Å². The third-order valence-electron chi connectivity index (χ3n) is 4.12. The van der Waals surface area contributed by atoms with Crippen molar-refractivity contribution in [1.29, 1.82) is 0 Å². The fourth-order valence-electron chi connectivity index (χ4n) is 2.40. The lowest BCUT2D eigenvalue weighted by Crippen LogP contribution is -2.40. The van der Waals surface area contributed by atoms with Crippen LogP contribution in [0, 0.1) is 0 Å². The van der Waals surface area contributed by atoms with Gasteiger partial charge in [-0.1, -0.05) is 12.1 Å². The first-order valence-electron chi connectivity index (χ1n) is 7.82. The number of alkyl halides is 3. The standard InChI is InChI=1S/C17H18F3N3O4/c1-10(16(25)26)22(2)13-8-21-23(15(24)14(13)17(18,19)20)9-11-4-6-12(27-3)7-5-11/h4-8,10H,9H2,1-3H3,(H,25,26)/t10-/m0/s1. The zero-order valence-electron chi connectivity index (χ0n) is 14.8. The Morgan fingerprint density at radius 2 is 1.93 bits per heavy atom. The Morgan fingerprint density at radius 1 is 1.33 bits per heavy atom. The molecule has 0 unspecified atom stereocenters. The van der Waals surface area contributed by atoms with Crippen molar-refractivity contribution in [2.75, 3.05) is 19.1 Å². The number of rotatable bonds is 6. The van der Waals surface area contributed by atoms with E-state index in [1.807, 2.05) is 0 Å². The van der Waals surface area contributed by atoms with Gasteiger partial charge in [0.1, 0.15) is 17.4 Å². The van der Waals surface area contributed by atoms with Crippen LogP contribution in [-0.2, 0) is 17.5 Å². The minimum absolute atomic E-state index is 0.176. The van der Waals surface area contributed by atoms with Gasteiger partial charge < -0.3 is 14.7 Å². The summed E-state index contributed by atoms with van der Waals surface area (Å²) in [7, 11) is 2.64. The number of aromatic nitrogens is 2. The van der Waals surface area contributed by atoms with Crippen LogP contribution in [-0.4, -0.2) is 41.1 Å². The summed E-state index contributed by atoms with van der Waals surface area (Å²) in [6, 6.07) is 5.16. The van der Waals surface area contributed by atoms with Crippen molar-refractivity contribution in [3.63, 3.8) is 0 Å². The molecule has 7 nitrogen and oxygen atoms in total. The molecule has 1 atom stereocenters. The van der Waals surface area contributed by atoms with Gasteiger partial charge in [0, 0.05) is 7.05 Å². The third kappa shape index (κ3) is 4.39. The predicted molar refractivity (Wildman–Crippen MR) is 91.1 cm³/mol. The maximum absolute atomic E-state index is 13.5. The first-order chi connectivity index (χ1) is 12.6. The zero-order chi connectivity index (χ0) is 20.4. The van der Waals surface area contributed by atoms with Gasteiger partial charge >= 0.3 is 12.1 Å². The first kappa shape index (κ1) is 20.3. The molecule has 10 heteroatoms. The molecule has 146 valence electrons. The Morgan fingerprint density at radius 3 is 2.41 bits per heavy atom. The van der Waals surface area contributed by atoms with Crippen molar-refractivity contribution in [3.05, 3.63) is 51.9 Å². The van der Waals surface area contributed by atoms with E-state index in [0.29, 0.717) is 16.0 Å². The van der Waals surface area contributed by atoms with Gasteiger partial charge in [0.15, 0.2) is 0 Å². The number of halogens is 3. The third-order valence-corrected chi connectivity index (χ3v) is 4.12. The summed E-state index contributed by atoms with van der Waals surface area (Å²) in [5.74, 6) is -0.761. The second-order valence-corrected chi connectivity index (χ2v) is 5.84. The van der Waals surface area contributed by atoms with Gasteiger partial charge in [0.25, 0.3) is 5.56 Å². The molecule has 1 aromatic heterocycles. The average Bonchev–Trinajstić information content (AvgIpc) is 2.61. The van der Waals surface area contributed by atoms with Crippen LogP contribution < -0.4 is 15.2 Å². The van der Waals surface area contributed by atoms with E-state index in [-0.39, 0.29) is 6.54 Å². The molecule has 0 fully saturated rings. The van der Waals surface area contributed by atoms with Crippen molar-refractivity contribution in [1.82, 2.24) is 9.78 Å². The van der Waals surface area contributed by atoms with Crippen molar-refractivity contribution < 1.29 is 27.8 Å². The fraction of sp³-hybridized carbons (Fsp3) is 0.353. The molecule has 0 aliphatic carbocycles. The summed E-state index contributed by atoms with van der Waals surface area (Å²) in [6.45, 7) is 1.04. The minimum atomic E-state index is -4.97. The molecule has 2 aromatic rings. The highest BCUT2D eigenvalue weighted by Crippen LogP contribution is 2.33. The van der Waals surface area contributed by atoms with Crippen LogP contribution in [0.1, 0.15) is 18.1 Å². The number of nitrogens with zero attached hydrogens (tertiary/aromatic N) is 3. The van der Waals surface area contributed by atoms with Gasteiger partial charge in [-0.2, -0.15) is 18.3 Å². The number of hydrogen-bond acceptors (Lipinski definition) is 5. The van der Waals surface area contributed by atoms with Crippen LogP contribution in [0.15, 0.2) is 35.3 Å².